The van der Waals surface area contributed by atoms with Crippen molar-refractivity contribution in [2.45, 2.75) is 26.4 Å². The number of carbonyl (C=O) groups is 2. The molecule has 1 N–H and O–H groups in total. The fourth-order valence-corrected chi connectivity index (χ4v) is 1.76. The van der Waals surface area contributed by atoms with Crippen molar-refractivity contribution in [2.24, 2.45) is 0 Å². The van der Waals surface area contributed by atoms with Gasteiger partial charge in [-0.3, -0.25) is 9.78 Å². The number of hydrogen-bond acceptors (Lipinski definition) is 5. The number of esters is 1. The number of aryl methyl sites for hydroxylation is 1. The van der Waals surface area contributed by atoms with E-state index in [1.54, 1.807) is 19.2 Å². The van der Waals surface area contributed by atoms with Gasteiger partial charge in [-0.1, -0.05) is 13.0 Å². The van der Waals surface area contributed by atoms with E-state index in [1.807, 2.05) is 13.0 Å². The van der Waals surface area contributed by atoms with Crippen LogP contribution >= 0.6 is 0 Å². The van der Waals surface area contributed by atoms with Crippen LogP contribution < -0.4 is 5.32 Å². The maximum Gasteiger partial charge on any atom is 0.339 e. The van der Waals surface area contributed by atoms with Crippen LogP contribution in [0.5, 0.6) is 0 Å². The van der Waals surface area contributed by atoms with Gasteiger partial charge in [-0.05, 0) is 37.1 Å². The summed E-state index contributed by atoms with van der Waals surface area (Å²) in [6, 6.07) is 6.61. The summed E-state index contributed by atoms with van der Waals surface area (Å²) in [4.78, 5) is 32.0. The fraction of sp³-hybridized carbons (Fsp3) is 0.250. The molecule has 0 spiro atoms. The Kier molecular flexibility index (Phi) is 5.19. The lowest BCUT2D eigenvalue weighted by Gasteiger charge is -2.15. The van der Waals surface area contributed by atoms with Crippen molar-refractivity contribution >= 4 is 17.7 Å². The molecule has 0 aliphatic rings. The Morgan fingerprint density at radius 1 is 1.23 bits per heavy atom. The molecule has 1 amide bonds. The first-order valence-electron chi connectivity index (χ1n) is 6.94. The molecule has 0 saturated heterocycles. The van der Waals surface area contributed by atoms with E-state index >= 15 is 0 Å². The van der Waals surface area contributed by atoms with Gasteiger partial charge in [-0.2, -0.15) is 0 Å². The number of nitrogens with one attached hydrogen (secondary N) is 1. The highest BCUT2D eigenvalue weighted by molar-refractivity contribution is 5.96. The smallest absolute Gasteiger partial charge is 0.339 e. The molecule has 0 fully saturated rings. The van der Waals surface area contributed by atoms with E-state index in [0.29, 0.717) is 17.8 Å². The van der Waals surface area contributed by atoms with Gasteiger partial charge in [-0.15, -0.1) is 0 Å². The average molecular weight is 299 g/mol. The first kappa shape index (κ1) is 15.6. The van der Waals surface area contributed by atoms with Gasteiger partial charge in [0.15, 0.2) is 6.10 Å². The molecule has 0 aliphatic carbocycles. The van der Waals surface area contributed by atoms with Crippen LogP contribution in [0.4, 0.5) is 5.82 Å². The molecule has 2 heterocycles. The third-order valence-corrected chi connectivity index (χ3v) is 2.99. The lowest BCUT2D eigenvalue weighted by Crippen LogP contribution is -2.32. The summed E-state index contributed by atoms with van der Waals surface area (Å²) in [7, 11) is 0. The van der Waals surface area contributed by atoms with Crippen LogP contribution in [-0.2, 0) is 9.53 Å². The third kappa shape index (κ3) is 4.12. The number of pyridine rings is 2. The zero-order valence-corrected chi connectivity index (χ0v) is 12.4. The van der Waals surface area contributed by atoms with Gasteiger partial charge in [0.2, 0.25) is 0 Å². The maximum absolute atomic E-state index is 12.2. The van der Waals surface area contributed by atoms with Crippen LogP contribution in [-0.4, -0.2) is 27.9 Å². The number of nitrogens with zero attached hydrogens (tertiary/aromatic N) is 2. The first-order valence-corrected chi connectivity index (χ1v) is 6.94. The summed E-state index contributed by atoms with van der Waals surface area (Å²) in [6.45, 7) is 3.68. The largest absolute Gasteiger partial charge is 0.449 e. The Labute approximate surface area is 128 Å². The van der Waals surface area contributed by atoms with Crippen LogP contribution in [0.1, 0.15) is 29.3 Å². The van der Waals surface area contributed by atoms with E-state index in [9.17, 15) is 9.59 Å². The molecule has 0 aromatic carbocycles. The monoisotopic (exact) mass is 299 g/mol. The van der Waals surface area contributed by atoms with Gasteiger partial charge < -0.3 is 10.1 Å². The summed E-state index contributed by atoms with van der Waals surface area (Å²) in [6.07, 6.45) is 4.14. The number of ether oxygens (including phenoxy) is 1. The first-order chi connectivity index (χ1) is 10.6. The summed E-state index contributed by atoms with van der Waals surface area (Å²) < 4.78 is 5.24. The Balaban J connectivity index is 2.00. The Morgan fingerprint density at radius 3 is 2.55 bits per heavy atom. The maximum atomic E-state index is 12.2. The second-order valence-electron chi connectivity index (χ2n) is 4.75. The van der Waals surface area contributed by atoms with Crippen molar-refractivity contribution in [3.8, 4) is 0 Å². The van der Waals surface area contributed by atoms with E-state index < -0.39 is 18.0 Å². The summed E-state index contributed by atoms with van der Waals surface area (Å²) >= 11 is 0. The van der Waals surface area contributed by atoms with Gasteiger partial charge in [-0.25, -0.2) is 9.78 Å². The Hall–Kier alpha value is -2.76. The van der Waals surface area contributed by atoms with Crippen molar-refractivity contribution < 1.29 is 14.3 Å². The van der Waals surface area contributed by atoms with E-state index in [2.05, 4.69) is 15.3 Å². The van der Waals surface area contributed by atoms with Gasteiger partial charge in [0.05, 0.1) is 5.56 Å². The predicted octanol–water partition coefficient (Wildman–Crippen LogP) is 2.36. The zero-order valence-electron chi connectivity index (χ0n) is 12.4. The van der Waals surface area contributed by atoms with E-state index in [0.717, 1.165) is 5.56 Å². The van der Waals surface area contributed by atoms with Gasteiger partial charge >= 0.3 is 5.97 Å². The molecular formula is C16H17N3O3. The molecule has 1 unspecified atom stereocenters. The van der Waals surface area contributed by atoms with Crippen molar-refractivity contribution in [3.63, 3.8) is 0 Å². The fourth-order valence-electron chi connectivity index (χ4n) is 1.76. The minimum absolute atomic E-state index is 0.356. The van der Waals surface area contributed by atoms with Gasteiger partial charge in [0, 0.05) is 18.6 Å². The van der Waals surface area contributed by atoms with E-state index in [-0.39, 0.29) is 0 Å². The zero-order chi connectivity index (χ0) is 15.9. The van der Waals surface area contributed by atoms with Crippen molar-refractivity contribution in [1.29, 1.82) is 0 Å². The van der Waals surface area contributed by atoms with E-state index in [1.165, 1.54) is 24.5 Å². The van der Waals surface area contributed by atoms with Gasteiger partial charge in [0.25, 0.3) is 5.91 Å². The highest BCUT2D eigenvalue weighted by Crippen LogP contribution is 2.09. The number of hydrogen-bond donors (Lipinski definition) is 1. The molecule has 2 aromatic rings. The van der Waals surface area contributed by atoms with Crippen molar-refractivity contribution in [3.05, 3.63) is 54.0 Å². The van der Waals surface area contributed by atoms with Crippen LogP contribution in [0.15, 0.2) is 42.9 Å². The molecule has 22 heavy (non-hydrogen) atoms. The topological polar surface area (TPSA) is 81.2 Å². The SMILES string of the molecule is CCC(OC(=O)c1ccncc1)C(=O)Nc1ccc(C)cn1. The molecule has 1 atom stereocenters. The van der Waals surface area contributed by atoms with E-state index in [4.69, 9.17) is 4.74 Å². The minimum atomic E-state index is -0.872. The molecular weight excluding hydrogens is 282 g/mol. The molecule has 0 aliphatic heterocycles. The molecule has 114 valence electrons. The van der Waals surface area contributed by atoms with Crippen LogP contribution in [0.25, 0.3) is 0 Å². The molecule has 0 radical (unpaired) electrons. The number of amides is 1. The molecule has 2 aromatic heterocycles. The molecule has 0 saturated carbocycles. The summed E-state index contributed by atoms with van der Waals surface area (Å²) in [5.41, 5.74) is 1.35. The second-order valence-corrected chi connectivity index (χ2v) is 4.75. The lowest BCUT2D eigenvalue weighted by molar-refractivity contribution is -0.124. The normalized spacial score (nSPS) is 11.5. The Bertz CT molecular complexity index is 641. The molecule has 6 heteroatoms. The van der Waals surface area contributed by atoms with Gasteiger partial charge in [0.1, 0.15) is 5.82 Å². The third-order valence-electron chi connectivity index (χ3n) is 2.99. The summed E-state index contributed by atoms with van der Waals surface area (Å²) in [5, 5.41) is 2.64. The Morgan fingerprint density at radius 2 is 1.95 bits per heavy atom. The van der Waals surface area contributed by atoms with Crippen LogP contribution in [0, 0.1) is 6.92 Å². The predicted molar refractivity (Wildman–Crippen MR) is 81.3 cm³/mol. The quantitative estimate of drug-likeness (QED) is 0.857. The highest BCUT2D eigenvalue weighted by atomic mass is 16.5. The number of rotatable bonds is 5. The molecule has 2 rings (SSSR count). The van der Waals surface area contributed by atoms with Crippen molar-refractivity contribution in [1.82, 2.24) is 9.97 Å². The average Bonchev–Trinajstić information content (AvgIpc) is 2.55. The minimum Gasteiger partial charge on any atom is -0.449 e. The molecule has 6 nitrogen and oxygen atoms in total. The molecule has 0 bridgehead atoms. The second kappa shape index (κ2) is 7.31. The number of carbonyl (C=O) groups excluding carboxylic acids is 2. The number of aromatic nitrogens is 2. The standard InChI is InChI=1S/C16H17N3O3/c1-3-13(22-16(21)12-6-8-17-9-7-12)15(20)19-14-5-4-11(2)10-18-14/h4-10,13H,3H2,1-2H3,(H,18,19,20). The van der Waals surface area contributed by atoms with Crippen LogP contribution in [0.2, 0.25) is 0 Å². The summed E-state index contributed by atoms with van der Waals surface area (Å²) in [5.74, 6) is -0.531. The van der Waals surface area contributed by atoms with Crippen molar-refractivity contribution in [2.75, 3.05) is 5.32 Å². The van der Waals surface area contributed by atoms with Crippen LogP contribution in [0.3, 0.4) is 0 Å². The number of anilines is 1. The highest BCUT2D eigenvalue weighted by Gasteiger charge is 2.22. The lowest BCUT2D eigenvalue weighted by atomic mass is 10.2.